The van der Waals surface area contributed by atoms with Crippen molar-refractivity contribution in [2.75, 3.05) is 0 Å². The minimum absolute atomic E-state index is 0.0112. The molecular weight excluding hydrogens is 428 g/mol. The van der Waals surface area contributed by atoms with Crippen molar-refractivity contribution in [1.82, 2.24) is 9.47 Å². The van der Waals surface area contributed by atoms with Crippen molar-refractivity contribution in [3.63, 3.8) is 0 Å². The standard InChI is InChI=1S/C28H24N2O4/c1-28(2,3)21-13-7-8-14-22(21)30-23(31)16-20(18-10-5-4-6-11-18)24-25(30)27(33)29(26(24)32)17-19-12-9-15-34-19/h4-16H,17H2,1-3H3. The largest absolute Gasteiger partial charge is 0.467 e. The highest BCUT2D eigenvalue weighted by molar-refractivity contribution is 6.23. The van der Waals surface area contributed by atoms with E-state index in [0.29, 0.717) is 22.6 Å². The molecule has 4 aromatic rings. The van der Waals surface area contributed by atoms with Crippen LogP contribution < -0.4 is 5.56 Å². The molecule has 1 aliphatic rings. The number of furan rings is 1. The number of para-hydroxylation sites is 1. The smallest absolute Gasteiger partial charge is 0.279 e. The van der Waals surface area contributed by atoms with E-state index in [9.17, 15) is 14.4 Å². The quantitative estimate of drug-likeness (QED) is 0.400. The summed E-state index contributed by atoms with van der Waals surface area (Å²) in [6, 6.07) is 21.6. The van der Waals surface area contributed by atoms with Crippen molar-refractivity contribution in [3.05, 3.63) is 112 Å². The number of carbonyl (C=O) groups is 2. The van der Waals surface area contributed by atoms with Crippen molar-refractivity contribution in [2.24, 2.45) is 0 Å². The molecule has 2 aromatic carbocycles. The lowest BCUT2D eigenvalue weighted by molar-refractivity contribution is 0.0629. The second-order valence-corrected chi connectivity index (χ2v) is 9.36. The van der Waals surface area contributed by atoms with E-state index in [1.54, 1.807) is 12.1 Å². The van der Waals surface area contributed by atoms with Gasteiger partial charge in [-0.25, -0.2) is 0 Å². The molecule has 0 unspecified atom stereocenters. The average Bonchev–Trinajstić information content (AvgIpc) is 3.42. The number of rotatable bonds is 4. The number of imide groups is 1. The molecule has 0 fully saturated rings. The van der Waals surface area contributed by atoms with Crippen LogP contribution in [-0.2, 0) is 12.0 Å². The van der Waals surface area contributed by atoms with Crippen LogP contribution in [0.5, 0.6) is 0 Å². The third kappa shape index (κ3) is 3.48. The summed E-state index contributed by atoms with van der Waals surface area (Å²) in [7, 11) is 0. The molecule has 0 aliphatic carbocycles. The molecule has 0 saturated heterocycles. The van der Waals surface area contributed by atoms with Gasteiger partial charge in [0.25, 0.3) is 17.4 Å². The number of nitrogens with zero attached hydrogens (tertiary/aromatic N) is 2. The van der Waals surface area contributed by atoms with Crippen molar-refractivity contribution < 1.29 is 14.0 Å². The third-order valence-corrected chi connectivity index (χ3v) is 6.06. The maximum absolute atomic E-state index is 13.7. The van der Waals surface area contributed by atoms with Crippen LogP contribution in [-0.4, -0.2) is 21.3 Å². The molecule has 170 valence electrons. The minimum atomic E-state index is -0.519. The average molecular weight is 453 g/mol. The number of pyridine rings is 1. The Hall–Kier alpha value is -4.19. The maximum atomic E-state index is 13.7. The van der Waals surface area contributed by atoms with E-state index in [0.717, 1.165) is 10.5 Å². The van der Waals surface area contributed by atoms with Gasteiger partial charge in [0.1, 0.15) is 11.5 Å². The van der Waals surface area contributed by atoms with Crippen LogP contribution in [0.1, 0.15) is 52.9 Å². The lowest BCUT2D eigenvalue weighted by Crippen LogP contribution is -2.31. The summed E-state index contributed by atoms with van der Waals surface area (Å²) in [5, 5.41) is 0. The van der Waals surface area contributed by atoms with Gasteiger partial charge in [-0.2, -0.15) is 0 Å². The Balaban J connectivity index is 1.81. The van der Waals surface area contributed by atoms with E-state index in [1.165, 1.54) is 16.9 Å². The lowest BCUT2D eigenvalue weighted by Gasteiger charge is -2.24. The van der Waals surface area contributed by atoms with Crippen LogP contribution in [0.2, 0.25) is 0 Å². The van der Waals surface area contributed by atoms with Gasteiger partial charge in [-0.15, -0.1) is 0 Å². The molecule has 0 radical (unpaired) electrons. The molecule has 2 aromatic heterocycles. The van der Waals surface area contributed by atoms with Gasteiger partial charge in [0.05, 0.1) is 24.1 Å². The first kappa shape index (κ1) is 21.6. The number of amides is 2. The molecule has 5 rings (SSSR count). The summed E-state index contributed by atoms with van der Waals surface area (Å²) in [6.07, 6.45) is 1.50. The maximum Gasteiger partial charge on any atom is 0.279 e. The Morgan fingerprint density at radius 3 is 2.21 bits per heavy atom. The molecular formula is C28H24N2O4. The van der Waals surface area contributed by atoms with Crippen LogP contribution in [0.4, 0.5) is 0 Å². The predicted octanol–water partition coefficient (Wildman–Crippen LogP) is 5.19. The van der Waals surface area contributed by atoms with E-state index < -0.39 is 11.8 Å². The molecule has 0 atom stereocenters. The van der Waals surface area contributed by atoms with Crippen molar-refractivity contribution in [2.45, 2.75) is 32.7 Å². The molecule has 2 amide bonds. The molecule has 0 bridgehead atoms. The number of aromatic nitrogens is 1. The summed E-state index contributed by atoms with van der Waals surface area (Å²) in [6.45, 7) is 6.13. The van der Waals surface area contributed by atoms with Crippen molar-refractivity contribution >= 4 is 11.8 Å². The molecule has 6 heteroatoms. The predicted molar refractivity (Wildman–Crippen MR) is 129 cm³/mol. The van der Waals surface area contributed by atoms with Gasteiger partial charge in [0.15, 0.2) is 0 Å². The molecule has 34 heavy (non-hydrogen) atoms. The van der Waals surface area contributed by atoms with E-state index in [1.807, 2.05) is 75.4 Å². The fourth-order valence-electron chi connectivity index (χ4n) is 4.47. The molecule has 0 spiro atoms. The molecule has 0 N–H and O–H groups in total. The number of benzene rings is 2. The van der Waals surface area contributed by atoms with Gasteiger partial charge < -0.3 is 4.42 Å². The number of hydrogen-bond acceptors (Lipinski definition) is 4. The first-order valence-corrected chi connectivity index (χ1v) is 11.1. The Morgan fingerprint density at radius 2 is 1.53 bits per heavy atom. The highest BCUT2D eigenvalue weighted by atomic mass is 16.3. The van der Waals surface area contributed by atoms with Crippen molar-refractivity contribution in [1.29, 1.82) is 0 Å². The van der Waals surface area contributed by atoms with Gasteiger partial charge in [-0.05, 0) is 34.7 Å². The van der Waals surface area contributed by atoms with Gasteiger partial charge >= 0.3 is 0 Å². The molecule has 6 nitrogen and oxygen atoms in total. The van der Waals surface area contributed by atoms with E-state index in [2.05, 4.69) is 0 Å². The van der Waals surface area contributed by atoms with E-state index in [-0.39, 0.29) is 28.8 Å². The summed E-state index contributed by atoms with van der Waals surface area (Å²) in [4.78, 5) is 42.1. The summed E-state index contributed by atoms with van der Waals surface area (Å²) in [5.74, 6) is -0.480. The third-order valence-electron chi connectivity index (χ3n) is 6.06. The first-order chi connectivity index (χ1) is 16.3. The Kier molecular flexibility index (Phi) is 5.09. The normalized spacial score (nSPS) is 13.4. The Morgan fingerprint density at radius 1 is 0.824 bits per heavy atom. The Bertz CT molecular complexity index is 1460. The van der Waals surface area contributed by atoms with Gasteiger partial charge in [-0.1, -0.05) is 69.3 Å². The summed E-state index contributed by atoms with van der Waals surface area (Å²) in [5.41, 5.74) is 2.30. The van der Waals surface area contributed by atoms with Crippen LogP contribution in [0.25, 0.3) is 16.8 Å². The highest BCUT2D eigenvalue weighted by Gasteiger charge is 2.42. The van der Waals surface area contributed by atoms with Gasteiger partial charge in [-0.3, -0.25) is 23.9 Å². The lowest BCUT2D eigenvalue weighted by atomic mass is 9.85. The van der Waals surface area contributed by atoms with Crippen LogP contribution >= 0.6 is 0 Å². The molecule has 1 aliphatic heterocycles. The number of hydrogen-bond donors (Lipinski definition) is 0. The van der Waals surface area contributed by atoms with Gasteiger partial charge in [0.2, 0.25) is 0 Å². The number of carbonyl (C=O) groups excluding carboxylic acids is 2. The first-order valence-electron chi connectivity index (χ1n) is 11.1. The highest BCUT2D eigenvalue weighted by Crippen LogP contribution is 2.35. The monoisotopic (exact) mass is 452 g/mol. The number of fused-ring (bicyclic) bond motifs is 1. The zero-order chi connectivity index (χ0) is 24.0. The zero-order valence-electron chi connectivity index (χ0n) is 19.2. The second kappa shape index (κ2) is 7.99. The SMILES string of the molecule is CC(C)(C)c1ccccc1-n1c2c(c(-c3ccccc3)cc1=O)C(=O)N(Cc1ccco1)C2=O. The minimum Gasteiger partial charge on any atom is -0.467 e. The fourth-order valence-corrected chi connectivity index (χ4v) is 4.47. The summed E-state index contributed by atoms with van der Waals surface area (Å²) < 4.78 is 6.79. The Labute approximate surface area is 197 Å². The van der Waals surface area contributed by atoms with E-state index >= 15 is 0 Å². The van der Waals surface area contributed by atoms with Crippen LogP contribution in [0.3, 0.4) is 0 Å². The van der Waals surface area contributed by atoms with Crippen molar-refractivity contribution in [3.8, 4) is 16.8 Å². The van der Waals surface area contributed by atoms with Crippen LogP contribution in [0, 0.1) is 0 Å². The van der Waals surface area contributed by atoms with Crippen LogP contribution in [0.15, 0.2) is 88.3 Å². The molecule has 3 heterocycles. The van der Waals surface area contributed by atoms with E-state index in [4.69, 9.17) is 4.42 Å². The fraction of sp³-hybridized carbons (Fsp3) is 0.179. The van der Waals surface area contributed by atoms with Gasteiger partial charge in [0, 0.05) is 11.6 Å². The topological polar surface area (TPSA) is 72.5 Å². The molecule has 0 saturated carbocycles. The zero-order valence-corrected chi connectivity index (χ0v) is 19.2. The summed E-state index contributed by atoms with van der Waals surface area (Å²) >= 11 is 0. The second-order valence-electron chi connectivity index (χ2n) is 9.36.